The first kappa shape index (κ1) is 23.7. The van der Waals surface area contributed by atoms with Crippen LogP contribution in [0.4, 0.5) is 0 Å². The maximum atomic E-state index is 13.0. The fourth-order valence-corrected chi connectivity index (χ4v) is 4.31. The zero-order chi connectivity index (χ0) is 26.3. The fourth-order valence-electron chi connectivity index (χ4n) is 4.31. The lowest BCUT2D eigenvalue weighted by atomic mass is 9.77. The molecule has 0 radical (unpaired) electrons. The average molecular weight is 498 g/mol. The van der Waals surface area contributed by atoms with Gasteiger partial charge in [0.05, 0.1) is 5.56 Å². The van der Waals surface area contributed by atoms with Crippen molar-refractivity contribution in [1.82, 2.24) is 10.6 Å². The molecule has 3 aromatic carbocycles. The van der Waals surface area contributed by atoms with Gasteiger partial charge in [-0.3, -0.25) is 0 Å². The standard InChI is InChI=1S/C28H22N2O7/c1-15(29-3)25(31)34-17-9-11-21-23(13-17)36-24-14-18(35-26(32)16(2)30-4)10-12-22(24)28(21)20-8-6-5-7-19(20)27(33)37-28/h5-14,29-30H,1-2H2,3-4H3. The topological polar surface area (TPSA) is 112 Å². The van der Waals surface area contributed by atoms with Crippen LogP contribution in [-0.2, 0) is 19.9 Å². The summed E-state index contributed by atoms with van der Waals surface area (Å²) in [6.45, 7) is 7.21. The molecule has 0 fully saturated rings. The van der Waals surface area contributed by atoms with E-state index < -0.39 is 23.5 Å². The van der Waals surface area contributed by atoms with Crippen LogP contribution in [0.25, 0.3) is 0 Å². The zero-order valence-electron chi connectivity index (χ0n) is 20.0. The number of ether oxygens (including phenoxy) is 4. The number of likely N-dealkylation sites (N-methyl/N-ethyl adjacent to an activating group) is 2. The molecule has 9 nitrogen and oxygen atoms in total. The zero-order valence-corrected chi connectivity index (χ0v) is 20.0. The Bertz CT molecular complexity index is 1430. The highest BCUT2D eigenvalue weighted by atomic mass is 16.6. The minimum atomic E-state index is -1.33. The average Bonchev–Trinajstić information content (AvgIpc) is 3.20. The number of rotatable bonds is 6. The molecule has 2 heterocycles. The van der Waals surface area contributed by atoms with Crippen molar-refractivity contribution >= 4 is 17.9 Å². The first-order valence-corrected chi connectivity index (χ1v) is 11.3. The van der Waals surface area contributed by atoms with Gasteiger partial charge in [0, 0.05) is 42.9 Å². The number of fused-ring (bicyclic) bond motifs is 6. The molecule has 37 heavy (non-hydrogen) atoms. The maximum absolute atomic E-state index is 13.0. The molecular weight excluding hydrogens is 476 g/mol. The molecule has 2 aliphatic heterocycles. The minimum Gasteiger partial charge on any atom is -0.456 e. The third-order valence-corrected chi connectivity index (χ3v) is 6.17. The highest BCUT2D eigenvalue weighted by Gasteiger charge is 2.53. The van der Waals surface area contributed by atoms with E-state index >= 15 is 0 Å². The van der Waals surface area contributed by atoms with Gasteiger partial charge in [0.15, 0.2) is 5.60 Å². The number of hydrogen-bond donors (Lipinski definition) is 2. The van der Waals surface area contributed by atoms with Gasteiger partial charge in [0.25, 0.3) is 0 Å². The summed E-state index contributed by atoms with van der Waals surface area (Å²) in [5, 5.41) is 5.28. The molecule has 0 bridgehead atoms. The molecule has 5 rings (SSSR count). The van der Waals surface area contributed by atoms with E-state index in [2.05, 4.69) is 23.8 Å². The van der Waals surface area contributed by atoms with E-state index in [0.29, 0.717) is 33.8 Å². The molecule has 9 heteroatoms. The monoisotopic (exact) mass is 498 g/mol. The van der Waals surface area contributed by atoms with Crippen LogP contribution in [0, 0.1) is 0 Å². The predicted octanol–water partition coefficient (Wildman–Crippen LogP) is 3.53. The van der Waals surface area contributed by atoms with E-state index in [1.165, 1.54) is 12.1 Å². The summed E-state index contributed by atoms with van der Waals surface area (Å²) in [6, 6.07) is 16.7. The summed E-state index contributed by atoms with van der Waals surface area (Å²) in [6.07, 6.45) is 0. The SMILES string of the molecule is C=C(NC)C(=O)Oc1ccc2c(c1)Oc1cc(OC(=O)C(=C)NC)ccc1C21OC(=O)c2ccccc21. The summed E-state index contributed by atoms with van der Waals surface area (Å²) in [5.74, 6) is -0.833. The van der Waals surface area contributed by atoms with Crippen LogP contribution in [-0.4, -0.2) is 32.0 Å². The van der Waals surface area contributed by atoms with Gasteiger partial charge in [-0.25, -0.2) is 14.4 Å². The van der Waals surface area contributed by atoms with Gasteiger partial charge >= 0.3 is 17.9 Å². The van der Waals surface area contributed by atoms with E-state index in [-0.39, 0.29) is 22.9 Å². The molecule has 0 unspecified atom stereocenters. The molecule has 0 saturated heterocycles. The molecular formula is C28H22N2O7. The molecule has 0 aromatic heterocycles. The maximum Gasteiger partial charge on any atom is 0.359 e. The van der Waals surface area contributed by atoms with Crippen molar-refractivity contribution in [2.24, 2.45) is 0 Å². The van der Waals surface area contributed by atoms with E-state index in [1.807, 2.05) is 12.1 Å². The Hall–Kier alpha value is -5.05. The van der Waals surface area contributed by atoms with E-state index in [1.54, 1.807) is 50.5 Å². The van der Waals surface area contributed by atoms with Crippen LogP contribution in [0.1, 0.15) is 27.0 Å². The Morgan fingerprint density at radius 2 is 1.30 bits per heavy atom. The third kappa shape index (κ3) is 3.77. The van der Waals surface area contributed by atoms with Crippen molar-refractivity contribution in [1.29, 1.82) is 0 Å². The number of carbonyl (C=O) groups excluding carboxylic acids is 3. The van der Waals surface area contributed by atoms with Gasteiger partial charge in [-0.1, -0.05) is 31.4 Å². The fraction of sp³-hybridized carbons (Fsp3) is 0.107. The molecule has 3 aromatic rings. The molecule has 2 aliphatic rings. The summed E-state index contributed by atoms with van der Waals surface area (Å²) in [4.78, 5) is 37.4. The molecule has 0 saturated carbocycles. The number of carbonyl (C=O) groups is 3. The molecule has 0 aliphatic carbocycles. The van der Waals surface area contributed by atoms with Gasteiger partial charge in [0.2, 0.25) is 0 Å². The molecule has 186 valence electrons. The quantitative estimate of drug-likeness (QED) is 0.299. The van der Waals surface area contributed by atoms with Crippen molar-refractivity contribution in [2.75, 3.05) is 14.1 Å². The summed E-state index contributed by atoms with van der Waals surface area (Å²) in [7, 11) is 3.12. The van der Waals surface area contributed by atoms with Crippen LogP contribution < -0.4 is 24.8 Å². The van der Waals surface area contributed by atoms with Crippen LogP contribution in [0.5, 0.6) is 23.0 Å². The smallest absolute Gasteiger partial charge is 0.359 e. The van der Waals surface area contributed by atoms with Crippen molar-refractivity contribution < 1.29 is 33.3 Å². The third-order valence-electron chi connectivity index (χ3n) is 6.17. The van der Waals surface area contributed by atoms with Crippen molar-refractivity contribution in [3.63, 3.8) is 0 Å². The molecule has 1 spiro atoms. The van der Waals surface area contributed by atoms with Crippen LogP contribution in [0.15, 0.2) is 85.2 Å². The Morgan fingerprint density at radius 1 is 0.784 bits per heavy atom. The highest BCUT2D eigenvalue weighted by molar-refractivity contribution is 5.97. The summed E-state index contributed by atoms with van der Waals surface area (Å²) >= 11 is 0. The van der Waals surface area contributed by atoms with Crippen LogP contribution >= 0.6 is 0 Å². The first-order chi connectivity index (χ1) is 17.8. The molecule has 2 N–H and O–H groups in total. The molecule has 0 amide bonds. The summed E-state index contributed by atoms with van der Waals surface area (Å²) < 4.78 is 23.1. The Kier molecular flexibility index (Phi) is 5.68. The number of benzene rings is 3. The van der Waals surface area contributed by atoms with Crippen molar-refractivity contribution in [2.45, 2.75) is 5.60 Å². The first-order valence-electron chi connectivity index (χ1n) is 11.3. The van der Waals surface area contributed by atoms with Gasteiger partial charge in [-0.15, -0.1) is 0 Å². The summed E-state index contributed by atoms with van der Waals surface area (Å²) in [5.41, 5.74) is 0.959. The van der Waals surface area contributed by atoms with Crippen molar-refractivity contribution in [3.8, 4) is 23.0 Å². The Balaban J connectivity index is 1.65. The van der Waals surface area contributed by atoms with Gasteiger partial charge in [0.1, 0.15) is 34.4 Å². The van der Waals surface area contributed by atoms with Gasteiger partial charge in [-0.2, -0.15) is 0 Å². The minimum absolute atomic E-state index is 0.0775. The largest absolute Gasteiger partial charge is 0.456 e. The molecule has 0 atom stereocenters. The second-order valence-electron chi connectivity index (χ2n) is 8.27. The van der Waals surface area contributed by atoms with Gasteiger partial charge in [-0.05, 0) is 30.3 Å². The number of esters is 3. The van der Waals surface area contributed by atoms with Crippen LogP contribution in [0.2, 0.25) is 0 Å². The highest BCUT2D eigenvalue weighted by Crippen LogP contribution is 2.57. The predicted molar refractivity (Wildman–Crippen MR) is 132 cm³/mol. The lowest BCUT2D eigenvalue weighted by Gasteiger charge is -2.36. The second kappa shape index (κ2) is 8.87. The van der Waals surface area contributed by atoms with E-state index in [0.717, 1.165) is 0 Å². The number of hydrogen-bond acceptors (Lipinski definition) is 9. The van der Waals surface area contributed by atoms with E-state index in [4.69, 9.17) is 18.9 Å². The van der Waals surface area contributed by atoms with E-state index in [9.17, 15) is 14.4 Å². The van der Waals surface area contributed by atoms with Crippen LogP contribution in [0.3, 0.4) is 0 Å². The Morgan fingerprint density at radius 3 is 1.81 bits per heavy atom. The van der Waals surface area contributed by atoms with Gasteiger partial charge < -0.3 is 29.6 Å². The Labute approximate surface area is 212 Å². The second-order valence-corrected chi connectivity index (χ2v) is 8.27. The normalized spacial score (nSPS) is 13.7. The number of nitrogens with one attached hydrogen (secondary N) is 2. The lowest BCUT2D eigenvalue weighted by molar-refractivity contribution is -0.131. The lowest BCUT2D eigenvalue weighted by Crippen LogP contribution is -2.33. The van der Waals surface area contributed by atoms with Crippen molar-refractivity contribution in [3.05, 3.63) is 107 Å².